The molecule has 140 valence electrons. The molecule has 8 heteroatoms. The van der Waals surface area contributed by atoms with Crippen LogP contribution in [0.2, 0.25) is 0 Å². The molecule has 0 saturated carbocycles. The maximum atomic E-state index is 11.9. The minimum atomic E-state index is -1.22. The SMILES string of the molecule is O=C(O)CONC(=O)CNC(=O)OCC1c2ccccc2-c2ccccc21. The molecule has 27 heavy (non-hydrogen) atoms. The third-order valence-corrected chi connectivity index (χ3v) is 4.12. The van der Waals surface area contributed by atoms with Gasteiger partial charge in [0.05, 0.1) is 0 Å². The Morgan fingerprint density at radius 1 is 0.963 bits per heavy atom. The summed E-state index contributed by atoms with van der Waals surface area (Å²) >= 11 is 0. The molecule has 8 nitrogen and oxygen atoms in total. The predicted molar refractivity (Wildman–Crippen MR) is 94.8 cm³/mol. The number of hydrogen-bond donors (Lipinski definition) is 3. The smallest absolute Gasteiger partial charge is 0.407 e. The van der Waals surface area contributed by atoms with Gasteiger partial charge in [0.2, 0.25) is 0 Å². The molecule has 0 bridgehead atoms. The lowest BCUT2D eigenvalue weighted by molar-refractivity contribution is -0.149. The van der Waals surface area contributed by atoms with Crippen LogP contribution in [0.5, 0.6) is 0 Å². The molecule has 0 aromatic heterocycles. The number of carboxylic acid groups (broad SMARTS) is 1. The molecular weight excluding hydrogens is 352 g/mol. The summed E-state index contributed by atoms with van der Waals surface area (Å²) in [7, 11) is 0. The summed E-state index contributed by atoms with van der Waals surface area (Å²) in [6, 6.07) is 15.9. The van der Waals surface area contributed by atoms with E-state index in [1.165, 1.54) is 0 Å². The number of carbonyl (C=O) groups excluding carboxylic acids is 2. The maximum Gasteiger partial charge on any atom is 0.407 e. The summed E-state index contributed by atoms with van der Waals surface area (Å²) in [4.78, 5) is 38.0. The molecule has 0 spiro atoms. The number of hydroxylamine groups is 1. The topological polar surface area (TPSA) is 114 Å². The van der Waals surface area contributed by atoms with Crippen LogP contribution in [0.4, 0.5) is 4.79 Å². The van der Waals surface area contributed by atoms with Crippen LogP contribution in [0.3, 0.4) is 0 Å². The first-order valence-corrected chi connectivity index (χ1v) is 8.27. The highest BCUT2D eigenvalue weighted by Crippen LogP contribution is 2.44. The third-order valence-electron chi connectivity index (χ3n) is 4.12. The van der Waals surface area contributed by atoms with E-state index >= 15 is 0 Å². The van der Waals surface area contributed by atoms with Gasteiger partial charge in [-0.3, -0.25) is 9.63 Å². The molecule has 2 aromatic carbocycles. The minimum Gasteiger partial charge on any atom is -0.479 e. The second-order valence-electron chi connectivity index (χ2n) is 5.89. The number of benzene rings is 2. The third kappa shape index (κ3) is 4.42. The fraction of sp³-hybridized carbons (Fsp3) is 0.211. The molecule has 2 amide bonds. The van der Waals surface area contributed by atoms with E-state index in [1.54, 1.807) is 0 Å². The number of aliphatic carboxylic acids is 1. The van der Waals surface area contributed by atoms with E-state index < -0.39 is 31.1 Å². The minimum absolute atomic E-state index is 0.0733. The van der Waals surface area contributed by atoms with Crippen LogP contribution >= 0.6 is 0 Å². The molecule has 1 aliphatic carbocycles. The Bertz CT molecular complexity index is 821. The van der Waals surface area contributed by atoms with Gasteiger partial charge in [-0.2, -0.15) is 0 Å². The van der Waals surface area contributed by atoms with Crippen molar-refractivity contribution in [3.8, 4) is 11.1 Å². The zero-order valence-corrected chi connectivity index (χ0v) is 14.3. The van der Waals surface area contributed by atoms with Gasteiger partial charge < -0.3 is 15.2 Å². The van der Waals surface area contributed by atoms with E-state index in [-0.39, 0.29) is 12.5 Å². The predicted octanol–water partition coefficient (Wildman–Crippen LogP) is 1.66. The van der Waals surface area contributed by atoms with E-state index in [9.17, 15) is 14.4 Å². The number of ether oxygens (including phenoxy) is 1. The van der Waals surface area contributed by atoms with Crippen molar-refractivity contribution in [2.24, 2.45) is 0 Å². The number of hydrogen-bond acceptors (Lipinski definition) is 5. The van der Waals surface area contributed by atoms with Crippen LogP contribution in [0.1, 0.15) is 17.0 Å². The van der Waals surface area contributed by atoms with Crippen LogP contribution in [-0.4, -0.2) is 42.8 Å². The number of fused-ring (bicyclic) bond motifs is 3. The maximum absolute atomic E-state index is 11.9. The summed E-state index contributed by atoms with van der Waals surface area (Å²) < 4.78 is 5.27. The molecule has 0 fully saturated rings. The lowest BCUT2D eigenvalue weighted by Crippen LogP contribution is -2.38. The monoisotopic (exact) mass is 370 g/mol. The van der Waals surface area contributed by atoms with Gasteiger partial charge in [-0.15, -0.1) is 0 Å². The number of carboxylic acids is 1. The Balaban J connectivity index is 1.52. The van der Waals surface area contributed by atoms with Crippen LogP contribution in [0.25, 0.3) is 11.1 Å². The summed E-state index contributed by atoms with van der Waals surface area (Å²) in [5, 5.41) is 10.7. The summed E-state index contributed by atoms with van der Waals surface area (Å²) in [6.07, 6.45) is -0.745. The fourth-order valence-electron chi connectivity index (χ4n) is 3.02. The Kier molecular flexibility index (Phi) is 5.68. The lowest BCUT2D eigenvalue weighted by atomic mass is 9.98. The highest BCUT2D eigenvalue weighted by molar-refractivity contribution is 5.82. The second kappa shape index (κ2) is 8.33. The van der Waals surface area contributed by atoms with Crippen molar-refractivity contribution in [2.45, 2.75) is 5.92 Å². The number of rotatable bonds is 7. The van der Waals surface area contributed by atoms with Crippen LogP contribution in [-0.2, 0) is 19.2 Å². The van der Waals surface area contributed by atoms with E-state index in [2.05, 4.69) is 10.2 Å². The first-order valence-electron chi connectivity index (χ1n) is 8.27. The number of carbonyl (C=O) groups is 3. The van der Waals surface area contributed by atoms with Gasteiger partial charge in [0.25, 0.3) is 5.91 Å². The second-order valence-corrected chi connectivity index (χ2v) is 5.89. The Hall–Kier alpha value is -3.39. The zero-order valence-electron chi connectivity index (χ0n) is 14.3. The molecule has 3 N–H and O–H groups in total. The standard InChI is InChI=1S/C19H18N2O6/c22-17(21-27-11-18(23)24)9-20-19(25)26-10-16-14-7-3-1-5-12(14)13-6-2-4-8-15(13)16/h1-8,16H,9-11H2,(H,20,25)(H,21,22)(H,23,24). The molecular formula is C19H18N2O6. The van der Waals surface area contributed by atoms with Crippen molar-refractivity contribution in [1.82, 2.24) is 10.8 Å². The van der Waals surface area contributed by atoms with Crippen LogP contribution in [0, 0.1) is 0 Å². The normalized spacial score (nSPS) is 12.0. The van der Waals surface area contributed by atoms with Gasteiger partial charge >= 0.3 is 12.1 Å². The van der Waals surface area contributed by atoms with Gasteiger partial charge in [0, 0.05) is 5.92 Å². The number of nitrogens with one attached hydrogen (secondary N) is 2. The van der Waals surface area contributed by atoms with Crippen molar-refractivity contribution >= 4 is 18.0 Å². The van der Waals surface area contributed by atoms with Crippen molar-refractivity contribution in [3.63, 3.8) is 0 Å². The van der Waals surface area contributed by atoms with E-state index in [0.29, 0.717) is 0 Å². The quantitative estimate of drug-likeness (QED) is 0.639. The van der Waals surface area contributed by atoms with Crippen LogP contribution in [0.15, 0.2) is 48.5 Å². The molecule has 0 atom stereocenters. The first kappa shape index (κ1) is 18.4. The fourth-order valence-corrected chi connectivity index (χ4v) is 3.02. The van der Waals surface area contributed by atoms with Crippen molar-refractivity contribution < 1.29 is 29.1 Å². The van der Waals surface area contributed by atoms with Gasteiger partial charge in [-0.1, -0.05) is 48.5 Å². The number of amides is 2. The summed E-state index contributed by atoms with van der Waals surface area (Å²) in [5.74, 6) is -1.99. The zero-order chi connectivity index (χ0) is 19.2. The highest BCUT2D eigenvalue weighted by atomic mass is 16.7. The molecule has 0 aliphatic heterocycles. The molecule has 0 heterocycles. The van der Waals surface area contributed by atoms with E-state index in [4.69, 9.17) is 9.84 Å². The lowest BCUT2D eigenvalue weighted by Gasteiger charge is -2.14. The first-order chi connectivity index (χ1) is 13.1. The Morgan fingerprint density at radius 3 is 2.15 bits per heavy atom. The molecule has 1 aliphatic rings. The van der Waals surface area contributed by atoms with Crippen LogP contribution < -0.4 is 10.8 Å². The molecule has 0 unspecified atom stereocenters. The Morgan fingerprint density at radius 2 is 1.56 bits per heavy atom. The average Bonchev–Trinajstić information content (AvgIpc) is 2.98. The van der Waals surface area contributed by atoms with Gasteiger partial charge in [-0.05, 0) is 22.3 Å². The highest BCUT2D eigenvalue weighted by Gasteiger charge is 2.28. The van der Waals surface area contributed by atoms with Crippen molar-refractivity contribution in [1.29, 1.82) is 0 Å². The molecule has 0 radical (unpaired) electrons. The van der Waals surface area contributed by atoms with Gasteiger partial charge in [0.15, 0.2) is 6.61 Å². The molecule has 2 aromatic rings. The Labute approximate surface area is 155 Å². The van der Waals surface area contributed by atoms with Crippen molar-refractivity contribution in [3.05, 3.63) is 59.7 Å². The van der Waals surface area contributed by atoms with Crippen molar-refractivity contribution in [2.75, 3.05) is 19.8 Å². The average molecular weight is 370 g/mol. The molecule has 3 rings (SSSR count). The van der Waals surface area contributed by atoms with Gasteiger partial charge in [-0.25, -0.2) is 15.1 Å². The molecule has 0 saturated heterocycles. The summed E-state index contributed by atoms with van der Waals surface area (Å²) in [5.41, 5.74) is 6.33. The van der Waals surface area contributed by atoms with E-state index in [1.807, 2.05) is 54.0 Å². The largest absolute Gasteiger partial charge is 0.479 e. The summed E-state index contributed by atoms with van der Waals surface area (Å²) in [6.45, 7) is -0.927. The van der Waals surface area contributed by atoms with Gasteiger partial charge in [0.1, 0.15) is 13.2 Å². The number of alkyl carbamates (subject to hydrolysis) is 1. The van der Waals surface area contributed by atoms with E-state index in [0.717, 1.165) is 22.3 Å².